The SMILES string of the molecule is COc1cccc(-n2cc(C(C)NC(=O)c3cccc(F)c3O)cn2)c1. The summed E-state index contributed by atoms with van der Waals surface area (Å²) in [5.41, 5.74) is 1.46. The van der Waals surface area contributed by atoms with Crippen molar-refractivity contribution in [1.82, 2.24) is 15.1 Å². The maximum absolute atomic E-state index is 13.4. The van der Waals surface area contributed by atoms with E-state index < -0.39 is 17.5 Å². The van der Waals surface area contributed by atoms with Crippen LogP contribution in [0.1, 0.15) is 28.9 Å². The second-order valence-electron chi connectivity index (χ2n) is 5.75. The lowest BCUT2D eigenvalue weighted by atomic mass is 10.1. The van der Waals surface area contributed by atoms with Crippen LogP contribution < -0.4 is 10.1 Å². The smallest absolute Gasteiger partial charge is 0.255 e. The van der Waals surface area contributed by atoms with Gasteiger partial charge < -0.3 is 15.2 Å². The number of hydrogen-bond donors (Lipinski definition) is 2. The van der Waals surface area contributed by atoms with Gasteiger partial charge in [0, 0.05) is 17.8 Å². The highest BCUT2D eigenvalue weighted by molar-refractivity contribution is 5.97. The molecule has 0 aliphatic heterocycles. The molecule has 26 heavy (non-hydrogen) atoms. The van der Waals surface area contributed by atoms with E-state index >= 15 is 0 Å². The number of nitrogens with one attached hydrogen (secondary N) is 1. The molecular formula is C19H18FN3O3. The minimum absolute atomic E-state index is 0.114. The largest absolute Gasteiger partial charge is 0.504 e. The summed E-state index contributed by atoms with van der Waals surface area (Å²) in [6, 6.07) is 10.8. The van der Waals surface area contributed by atoms with Gasteiger partial charge in [0.15, 0.2) is 11.6 Å². The van der Waals surface area contributed by atoms with E-state index in [-0.39, 0.29) is 11.6 Å². The molecule has 1 aromatic heterocycles. The van der Waals surface area contributed by atoms with Crippen molar-refractivity contribution in [1.29, 1.82) is 0 Å². The molecule has 3 rings (SSSR count). The van der Waals surface area contributed by atoms with Crippen LogP contribution in [-0.4, -0.2) is 27.9 Å². The Labute approximate surface area is 149 Å². The first-order chi connectivity index (χ1) is 12.5. The molecule has 1 atom stereocenters. The Hall–Kier alpha value is -3.35. The van der Waals surface area contributed by atoms with Gasteiger partial charge in [-0.3, -0.25) is 4.79 Å². The molecule has 2 aromatic carbocycles. The lowest BCUT2D eigenvalue weighted by Crippen LogP contribution is -2.26. The maximum Gasteiger partial charge on any atom is 0.255 e. The van der Waals surface area contributed by atoms with Crippen LogP contribution in [0.5, 0.6) is 11.5 Å². The summed E-state index contributed by atoms with van der Waals surface area (Å²) in [6.45, 7) is 1.78. The summed E-state index contributed by atoms with van der Waals surface area (Å²) in [5, 5.41) is 16.7. The monoisotopic (exact) mass is 355 g/mol. The van der Waals surface area contributed by atoms with Crippen molar-refractivity contribution in [3.63, 3.8) is 0 Å². The molecule has 7 heteroatoms. The maximum atomic E-state index is 13.4. The van der Waals surface area contributed by atoms with Crippen LogP contribution >= 0.6 is 0 Å². The number of phenols is 1. The number of ether oxygens (including phenoxy) is 1. The summed E-state index contributed by atoms with van der Waals surface area (Å²) < 4.78 is 20.3. The number of methoxy groups -OCH3 is 1. The normalized spacial score (nSPS) is 11.8. The van der Waals surface area contributed by atoms with Crippen LogP contribution in [0.25, 0.3) is 5.69 Å². The van der Waals surface area contributed by atoms with Gasteiger partial charge in [-0.2, -0.15) is 5.10 Å². The van der Waals surface area contributed by atoms with Crippen LogP contribution in [-0.2, 0) is 0 Å². The lowest BCUT2D eigenvalue weighted by molar-refractivity contribution is 0.0936. The van der Waals surface area contributed by atoms with Crippen molar-refractivity contribution in [2.24, 2.45) is 0 Å². The number of phenolic OH excluding ortho intramolecular Hbond substituents is 1. The standard InChI is InChI=1S/C19H18FN3O3/c1-12(22-19(25)16-7-4-8-17(20)18(16)24)13-10-21-23(11-13)14-5-3-6-15(9-14)26-2/h3-12,24H,1-2H3,(H,22,25). The number of amides is 1. The Morgan fingerprint density at radius 3 is 2.85 bits per heavy atom. The minimum atomic E-state index is -0.837. The van der Waals surface area contributed by atoms with Gasteiger partial charge in [0.2, 0.25) is 0 Å². The number of para-hydroxylation sites is 1. The molecule has 0 aliphatic rings. The fraction of sp³-hybridized carbons (Fsp3) is 0.158. The number of carbonyl (C=O) groups excluding carboxylic acids is 1. The molecule has 6 nitrogen and oxygen atoms in total. The average molecular weight is 355 g/mol. The summed E-state index contributed by atoms with van der Waals surface area (Å²) in [6.07, 6.45) is 3.42. The molecule has 0 saturated heterocycles. The summed E-state index contributed by atoms with van der Waals surface area (Å²) >= 11 is 0. The van der Waals surface area contributed by atoms with Crippen LogP contribution in [0, 0.1) is 5.82 Å². The van der Waals surface area contributed by atoms with Gasteiger partial charge >= 0.3 is 0 Å². The van der Waals surface area contributed by atoms with Gasteiger partial charge in [-0.25, -0.2) is 9.07 Å². The number of halogens is 1. The van der Waals surface area contributed by atoms with Gasteiger partial charge in [-0.1, -0.05) is 12.1 Å². The molecule has 3 aromatic rings. The number of aromatic hydroxyl groups is 1. The Balaban J connectivity index is 1.76. The third-order valence-electron chi connectivity index (χ3n) is 4.00. The van der Waals surface area contributed by atoms with Crippen molar-refractivity contribution in [2.45, 2.75) is 13.0 Å². The highest BCUT2D eigenvalue weighted by atomic mass is 19.1. The van der Waals surface area contributed by atoms with Crippen LogP contribution in [0.3, 0.4) is 0 Å². The molecule has 0 bridgehead atoms. The quantitative estimate of drug-likeness (QED) is 0.737. The Kier molecular flexibility index (Phi) is 4.88. The first kappa shape index (κ1) is 17.5. The van der Waals surface area contributed by atoms with Gasteiger partial charge in [-0.15, -0.1) is 0 Å². The topological polar surface area (TPSA) is 76.4 Å². The molecule has 0 aliphatic carbocycles. The Bertz CT molecular complexity index is 939. The summed E-state index contributed by atoms with van der Waals surface area (Å²) in [5.74, 6) is -1.36. The molecule has 1 unspecified atom stereocenters. The van der Waals surface area contributed by atoms with E-state index in [4.69, 9.17) is 4.74 Å². The third kappa shape index (κ3) is 3.51. The first-order valence-corrected chi connectivity index (χ1v) is 7.97. The zero-order chi connectivity index (χ0) is 18.7. The number of nitrogens with zero attached hydrogens (tertiary/aromatic N) is 2. The zero-order valence-electron chi connectivity index (χ0n) is 14.3. The van der Waals surface area contributed by atoms with Gasteiger partial charge in [0.25, 0.3) is 5.91 Å². The molecule has 1 heterocycles. The fourth-order valence-electron chi connectivity index (χ4n) is 2.51. The second kappa shape index (κ2) is 7.26. The highest BCUT2D eigenvalue weighted by Gasteiger charge is 2.18. The molecule has 134 valence electrons. The molecule has 0 fully saturated rings. The van der Waals surface area contributed by atoms with E-state index in [1.54, 1.807) is 31.1 Å². The average Bonchev–Trinajstić information content (AvgIpc) is 3.14. The van der Waals surface area contributed by atoms with Gasteiger partial charge in [0.05, 0.1) is 30.6 Å². The van der Waals surface area contributed by atoms with Gasteiger partial charge in [0.1, 0.15) is 5.75 Å². The number of aromatic nitrogens is 2. The second-order valence-corrected chi connectivity index (χ2v) is 5.75. The lowest BCUT2D eigenvalue weighted by Gasteiger charge is -2.13. The highest BCUT2D eigenvalue weighted by Crippen LogP contribution is 2.22. The molecule has 0 radical (unpaired) electrons. The van der Waals surface area contributed by atoms with E-state index in [0.29, 0.717) is 5.75 Å². The van der Waals surface area contributed by atoms with Crippen LogP contribution in [0.2, 0.25) is 0 Å². The molecule has 1 amide bonds. The summed E-state index contributed by atoms with van der Waals surface area (Å²) in [7, 11) is 1.59. The number of hydrogen-bond acceptors (Lipinski definition) is 4. The zero-order valence-corrected chi connectivity index (χ0v) is 14.3. The number of rotatable bonds is 5. The van der Waals surface area contributed by atoms with Crippen molar-refractivity contribution in [3.05, 3.63) is 71.8 Å². The van der Waals surface area contributed by atoms with Crippen molar-refractivity contribution in [2.75, 3.05) is 7.11 Å². The fourth-order valence-corrected chi connectivity index (χ4v) is 2.51. The molecular weight excluding hydrogens is 337 g/mol. The number of carbonyl (C=O) groups is 1. The van der Waals surface area contributed by atoms with E-state index in [9.17, 15) is 14.3 Å². The van der Waals surface area contributed by atoms with Crippen molar-refractivity contribution < 1.29 is 19.0 Å². The van der Waals surface area contributed by atoms with Gasteiger partial charge in [-0.05, 0) is 31.2 Å². The predicted octanol–water partition coefficient (Wildman–Crippen LogP) is 3.22. The number of benzene rings is 2. The first-order valence-electron chi connectivity index (χ1n) is 7.97. The van der Waals surface area contributed by atoms with E-state index in [2.05, 4.69) is 10.4 Å². The van der Waals surface area contributed by atoms with E-state index in [0.717, 1.165) is 17.3 Å². The molecule has 0 saturated carbocycles. The minimum Gasteiger partial charge on any atom is -0.504 e. The van der Waals surface area contributed by atoms with Crippen molar-refractivity contribution in [3.8, 4) is 17.2 Å². The Morgan fingerprint density at radius 2 is 2.08 bits per heavy atom. The van der Waals surface area contributed by atoms with E-state index in [1.807, 2.05) is 24.3 Å². The third-order valence-corrected chi connectivity index (χ3v) is 4.00. The predicted molar refractivity (Wildman–Crippen MR) is 94.1 cm³/mol. The van der Waals surface area contributed by atoms with Crippen LogP contribution in [0.15, 0.2) is 54.9 Å². The summed E-state index contributed by atoms with van der Waals surface area (Å²) in [4.78, 5) is 12.3. The van der Waals surface area contributed by atoms with Crippen molar-refractivity contribution >= 4 is 5.91 Å². The molecule has 0 spiro atoms. The van der Waals surface area contributed by atoms with E-state index in [1.165, 1.54) is 12.1 Å². The Morgan fingerprint density at radius 1 is 1.31 bits per heavy atom. The van der Waals surface area contributed by atoms with Crippen LogP contribution in [0.4, 0.5) is 4.39 Å². The molecule has 2 N–H and O–H groups in total.